The van der Waals surface area contributed by atoms with Gasteiger partial charge < -0.3 is 16.0 Å². The Hall–Kier alpha value is -3.82. The number of hydrogen-bond donors (Lipinski definition) is 5. The Kier molecular flexibility index (Phi) is 6.68. The fraction of sp³-hybridized carbons (Fsp3) is 0. The van der Waals surface area contributed by atoms with E-state index in [9.17, 15) is 14.0 Å². The number of hydrazine groups is 1. The van der Waals surface area contributed by atoms with E-state index in [1.165, 1.54) is 18.2 Å². The number of amides is 2. The largest absolute Gasteiger partial charge is 0.332 e. The second-order valence-electron chi connectivity index (χ2n) is 6.14. The monoisotopic (exact) mass is 423 g/mol. The van der Waals surface area contributed by atoms with E-state index in [1.807, 2.05) is 0 Å². The molecule has 0 aliphatic heterocycles. The zero-order chi connectivity index (χ0) is 21.5. The molecular weight excluding hydrogens is 405 g/mol. The number of nitrogens with one attached hydrogen (secondary N) is 4. The highest BCUT2D eigenvalue weighted by Gasteiger charge is 2.11. The van der Waals surface area contributed by atoms with Gasteiger partial charge in [0.05, 0.1) is 5.56 Å². The molecule has 9 heteroatoms. The summed E-state index contributed by atoms with van der Waals surface area (Å²) in [5, 5.41) is 8.92. The minimum Gasteiger partial charge on any atom is -0.332 e. The molecule has 30 heavy (non-hydrogen) atoms. The van der Waals surface area contributed by atoms with Gasteiger partial charge in [0.25, 0.3) is 11.8 Å². The van der Waals surface area contributed by atoms with Crippen molar-refractivity contribution in [2.75, 3.05) is 16.0 Å². The second-order valence-corrected chi connectivity index (χ2v) is 6.55. The first kappa shape index (κ1) is 20.9. The molecule has 3 aromatic rings. The van der Waals surface area contributed by atoms with Crippen molar-refractivity contribution in [3.05, 3.63) is 89.7 Å². The van der Waals surface area contributed by atoms with E-state index in [0.717, 1.165) is 0 Å². The van der Waals surface area contributed by atoms with Crippen LogP contribution < -0.4 is 27.2 Å². The van der Waals surface area contributed by atoms with E-state index in [1.54, 1.807) is 54.6 Å². The number of rotatable bonds is 5. The van der Waals surface area contributed by atoms with Crippen molar-refractivity contribution >= 4 is 46.2 Å². The van der Waals surface area contributed by atoms with E-state index in [4.69, 9.17) is 18.1 Å². The molecule has 0 saturated heterocycles. The van der Waals surface area contributed by atoms with Gasteiger partial charge >= 0.3 is 0 Å². The molecule has 0 bridgehead atoms. The molecular formula is C21H18FN5O2S. The van der Waals surface area contributed by atoms with Gasteiger partial charge in [0.1, 0.15) is 5.82 Å². The second kappa shape index (κ2) is 9.59. The fourth-order valence-electron chi connectivity index (χ4n) is 2.60. The van der Waals surface area contributed by atoms with Crippen molar-refractivity contribution in [3.63, 3.8) is 0 Å². The smallest absolute Gasteiger partial charge is 0.265 e. The zero-order valence-electron chi connectivity index (χ0n) is 15.6. The number of anilines is 3. The molecule has 3 rings (SSSR count). The molecule has 0 saturated carbocycles. The van der Waals surface area contributed by atoms with E-state index >= 15 is 0 Å². The summed E-state index contributed by atoms with van der Waals surface area (Å²) in [6.45, 7) is 0. The third-order valence-electron chi connectivity index (χ3n) is 4.03. The summed E-state index contributed by atoms with van der Waals surface area (Å²) in [6.07, 6.45) is 0. The first-order valence-corrected chi connectivity index (χ1v) is 9.22. The number of nitrogen functional groups attached to an aromatic ring is 1. The average Bonchev–Trinajstić information content (AvgIpc) is 2.75. The molecule has 0 aliphatic rings. The number of benzene rings is 3. The summed E-state index contributed by atoms with van der Waals surface area (Å²) in [5.41, 5.74) is 4.22. The molecule has 2 amide bonds. The lowest BCUT2D eigenvalue weighted by Crippen LogP contribution is -2.30. The van der Waals surface area contributed by atoms with Crippen LogP contribution in [0.25, 0.3) is 0 Å². The summed E-state index contributed by atoms with van der Waals surface area (Å²) in [6, 6.07) is 19.2. The van der Waals surface area contributed by atoms with Gasteiger partial charge in [-0.1, -0.05) is 18.2 Å². The standard InChI is InChI=1S/C21H18FN5O2S/c22-18-7-2-1-6-17(18)20(29)24-14-8-10-15(11-9-14)25-21(30)26-16-5-3-4-13(12-16)19(28)27-23/h1-12H,23H2,(H,24,29)(H,27,28)(H2,25,26,30). The van der Waals surface area contributed by atoms with Crippen LogP contribution in [-0.2, 0) is 0 Å². The van der Waals surface area contributed by atoms with Crippen molar-refractivity contribution in [2.24, 2.45) is 5.84 Å². The van der Waals surface area contributed by atoms with Gasteiger partial charge in [-0.2, -0.15) is 0 Å². The van der Waals surface area contributed by atoms with Crippen LogP contribution in [0.15, 0.2) is 72.8 Å². The van der Waals surface area contributed by atoms with E-state index in [-0.39, 0.29) is 5.56 Å². The molecule has 0 radical (unpaired) electrons. The van der Waals surface area contributed by atoms with Crippen LogP contribution in [0.1, 0.15) is 20.7 Å². The minimum absolute atomic E-state index is 0.0318. The Morgan fingerprint density at radius 3 is 2.07 bits per heavy atom. The van der Waals surface area contributed by atoms with Crippen molar-refractivity contribution in [1.82, 2.24) is 5.43 Å². The van der Waals surface area contributed by atoms with Crippen molar-refractivity contribution in [3.8, 4) is 0 Å². The third kappa shape index (κ3) is 5.37. The van der Waals surface area contributed by atoms with Crippen LogP contribution in [-0.4, -0.2) is 16.9 Å². The molecule has 6 N–H and O–H groups in total. The highest BCUT2D eigenvalue weighted by atomic mass is 32.1. The molecule has 3 aromatic carbocycles. The maximum atomic E-state index is 13.7. The third-order valence-corrected chi connectivity index (χ3v) is 4.24. The number of carbonyl (C=O) groups is 2. The van der Waals surface area contributed by atoms with Gasteiger partial charge in [-0.15, -0.1) is 0 Å². The summed E-state index contributed by atoms with van der Waals surface area (Å²) in [7, 11) is 0. The van der Waals surface area contributed by atoms with Gasteiger partial charge in [0.2, 0.25) is 0 Å². The van der Waals surface area contributed by atoms with Gasteiger partial charge in [0, 0.05) is 22.6 Å². The molecule has 0 aliphatic carbocycles. The molecule has 7 nitrogen and oxygen atoms in total. The predicted octanol–water partition coefficient (Wildman–Crippen LogP) is 3.49. The molecule has 0 spiro atoms. The van der Waals surface area contributed by atoms with Crippen molar-refractivity contribution in [1.29, 1.82) is 0 Å². The number of carbonyl (C=O) groups excluding carboxylic acids is 2. The summed E-state index contributed by atoms with van der Waals surface area (Å²) in [4.78, 5) is 23.8. The van der Waals surface area contributed by atoms with Gasteiger partial charge in [-0.3, -0.25) is 15.0 Å². The van der Waals surface area contributed by atoms with Crippen LogP contribution in [0.2, 0.25) is 0 Å². The number of halogens is 1. The molecule has 152 valence electrons. The summed E-state index contributed by atoms with van der Waals surface area (Å²) in [5.74, 6) is 3.61. The lowest BCUT2D eigenvalue weighted by atomic mass is 10.2. The van der Waals surface area contributed by atoms with Gasteiger partial charge in [0.15, 0.2) is 5.11 Å². The Labute approximate surface area is 177 Å². The van der Waals surface area contributed by atoms with E-state index in [2.05, 4.69) is 21.4 Å². The molecule has 0 heterocycles. The number of thiocarbonyl (C=S) groups is 1. The Morgan fingerprint density at radius 1 is 0.767 bits per heavy atom. The Balaban J connectivity index is 1.59. The first-order valence-electron chi connectivity index (χ1n) is 8.81. The van der Waals surface area contributed by atoms with Gasteiger partial charge in [-0.25, -0.2) is 10.2 Å². The maximum Gasteiger partial charge on any atom is 0.265 e. The highest BCUT2D eigenvalue weighted by Crippen LogP contribution is 2.17. The van der Waals surface area contributed by atoms with Crippen LogP contribution in [0.3, 0.4) is 0 Å². The van der Waals surface area contributed by atoms with Crippen LogP contribution in [0.5, 0.6) is 0 Å². The minimum atomic E-state index is -0.585. The summed E-state index contributed by atoms with van der Waals surface area (Å²) >= 11 is 5.28. The normalized spacial score (nSPS) is 10.1. The first-order chi connectivity index (χ1) is 14.5. The van der Waals surface area contributed by atoms with Crippen molar-refractivity contribution < 1.29 is 14.0 Å². The van der Waals surface area contributed by atoms with Crippen LogP contribution in [0, 0.1) is 5.82 Å². The lowest BCUT2D eigenvalue weighted by molar-refractivity contribution is 0.0952. The van der Waals surface area contributed by atoms with Crippen LogP contribution in [0.4, 0.5) is 21.5 Å². The Bertz CT molecular complexity index is 1090. The van der Waals surface area contributed by atoms with Crippen LogP contribution >= 0.6 is 12.2 Å². The SMILES string of the molecule is NNC(=O)c1cccc(NC(=S)Nc2ccc(NC(=O)c3ccccc3F)cc2)c1. The highest BCUT2D eigenvalue weighted by molar-refractivity contribution is 7.80. The number of nitrogens with two attached hydrogens (primary N) is 1. The maximum absolute atomic E-state index is 13.7. The lowest BCUT2D eigenvalue weighted by Gasteiger charge is -2.12. The van der Waals surface area contributed by atoms with E-state index in [0.29, 0.717) is 27.7 Å². The molecule has 0 fully saturated rings. The molecule has 0 atom stereocenters. The molecule has 0 aromatic heterocycles. The summed E-state index contributed by atoms with van der Waals surface area (Å²) < 4.78 is 13.7. The van der Waals surface area contributed by atoms with Gasteiger partial charge in [-0.05, 0) is 66.8 Å². The van der Waals surface area contributed by atoms with Crippen molar-refractivity contribution in [2.45, 2.75) is 0 Å². The quantitative estimate of drug-likeness (QED) is 0.186. The predicted molar refractivity (Wildman–Crippen MR) is 119 cm³/mol. The number of hydrogen-bond acceptors (Lipinski definition) is 4. The fourth-order valence-corrected chi connectivity index (χ4v) is 2.83. The zero-order valence-corrected chi connectivity index (χ0v) is 16.4. The molecule has 0 unspecified atom stereocenters. The van der Waals surface area contributed by atoms with E-state index < -0.39 is 17.6 Å². The topological polar surface area (TPSA) is 108 Å². The average molecular weight is 423 g/mol. The Morgan fingerprint density at radius 2 is 1.40 bits per heavy atom.